The summed E-state index contributed by atoms with van der Waals surface area (Å²) in [6.07, 6.45) is -51.2. The Labute approximate surface area is 552 Å². The van der Waals surface area contributed by atoms with E-state index in [-0.39, 0.29) is 32.6 Å². The highest BCUT2D eigenvalue weighted by Gasteiger charge is 2.83. The van der Waals surface area contributed by atoms with Crippen LogP contribution in [-0.4, -0.2) is 159 Å². The number of carbonyl (C=O) groups is 4. The van der Waals surface area contributed by atoms with Crippen molar-refractivity contribution in [3.8, 4) is 0 Å². The minimum Gasteiger partial charge on any atom is -0.462 e. The van der Waals surface area contributed by atoms with Crippen LogP contribution in [0.5, 0.6) is 0 Å². The summed E-state index contributed by atoms with van der Waals surface area (Å²) in [5.41, 5.74) is -22.4. The van der Waals surface area contributed by atoms with Crippen LogP contribution in [0.2, 0.25) is 0 Å². The first-order valence-electron chi connectivity index (χ1n) is 29.3. The molecule has 100 heavy (non-hydrogen) atoms. The Morgan fingerprint density at radius 1 is 0.420 bits per heavy atom. The van der Waals surface area contributed by atoms with Gasteiger partial charge in [-0.15, -0.1) is 0 Å². The van der Waals surface area contributed by atoms with E-state index in [0.717, 1.165) is 0 Å². The Bertz CT molecular complexity index is 2600. The van der Waals surface area contributed by atoms with Crippen molar-refractivity contribution in [1.29, 1.82) is 0 Å². The van der Waals surface area contributed by atoms with Gasteiger partial charge in [-0.1, -0.05) is 41.5 Å². The predicted octanol–water partition coefficient (Wildman–Crippen LogP) is 18.9. The van der Waals surface area contributed by atoms with Gasteiger partial charge in [-0.3, -0.25) is 19.2 Å². The minimum atomic E-state index is -6.96. The van der Waals surface area contributed by atoms with Gasteiger partial charge in [0.15, 0.2) is 17.8 Å². The second-order valence-corrected chi connectivity index (χ2v) is 27.1. The third-order valence-electron chi connectivity index (χ3n) is 16.8. The maximum Gasteiger partial charge on any atom is 0.460 e. The Balaban J connectivity index is -0.00000127. The standard InChI is InChI=1S/C18H25F9O4.C16H23F9O2.C12H18F6O3.C11H14F8O2/c1-5-13(2,3)12(28)31-11-7-9(14(4,29)16(19,20)21)6-10(8-11)15(30,17(22,23)24)18(25,26)27;1-6-12(4,5)11(26)27-10(7-9(2)3)8-13(17,18)14(19,20)15(21,22)16(23,24)25;1-6-8(2,3)7(19)21-9(4,5)10(20,11(13,14)15)12(16,17)18;1-4-8(2,3)7(20)21-5-9(14,15)11(18,19)10(16,17)6(12)13/h9-11,29-30H,5-8H2,1-4H3;9-10H,6-8H2,1-5H3;20H,6H2,1-5H3;6H,4-5H2,1-3H3. The third kappa shape index (κ3) is 22.5. The monoisotopic (exact) mass is 1550 g/mol. The number of rotatable bonds is 25. The molecule has 1 rings (SSSR count). The number of halogens is 32. The van der Waals surface area contributed by atoms with Gasteiger partial charge in [0.25, 0.3) is 11.2 Å². The van der Waals surface area contributed by atoms with Crippen molar-refractivity contribution >= 4 is 23.9 Å². The van der Waals surface area contributed by atoms with Gasteiger partial charge in [-0.05, 0) is 133 Å². The molecule has 1 aliphatic rings. The van der Waals surface area contributed by atoms with E-state index >= 15 is 0 Å². The zero-order valence-corrected chi connectivity index (χ0v) is 56.2. The second-order valence-electron chi connectivity index (χ2n) is 27.1. The summed E-state index contributed by atoms with van der Waals surface area (Å²) >= 11 is 0. The third-order valence-corrected chi connectivity index (χ3v) is 16.8. The number of ether oxygens (including phenoxy) is 4. The molecule has 3 N–H and O–H groups in total. The summed E-state index contributed by atoms with van der Waals surface area (Å²) in [6, 6.07) is 0. The normalized spacial score (nSPS) is 18.6. The second kappa shape index (κ2) is 32.5. The summed E-state index contributed by atoms with van der Waals surface area (Å²) in [4.78, 5) is 47.3. The first-order chi connectivity index (χ1) is 43.3. The molecule has 11 nitrogen and oxygen atoms in total. The Hall–Kier alpha value is -4.48. The lowest BCUT2D eigenvalue weighted by Crippen LogP contribution is -2.70. The average Bonchev–Trinajstić information content (AvgIpc) is 0.747. The largest absolute Gasteiger partial charge is 0.462 e. The van der Waals surface area contributed by atoms with Gasteiger partial charge >= 0.3 is 103 Å². The van der Waals surface area contributed by atoms with Crippen LogP contribution >= 0.6 is 0 Å². The van der Waals surface area contributed by atoms with Gasteiger partial charge in [0.05, 0.1) is 28.1 Å². The molecule has 0 heterocycles. The summed E-state index contributed by atoms with van der Waals surface area (Å²) in [6.45, 7) is 18.2. The molecule has 0 saturated heterocycles. The lowest BCUT2D eigenvalue weighted by atomic mass is 9.66. The van der Waals surface area contributed by atoms with E-state index in [1.54, 1.807) is 13.8 Å². The van der Waals surface area contributed by atoms with Crippen molar-refractivity contribution < 1.29 is 194 Å². The molecule has 0 aromatic heterocycles. The summed E-state index contributed by atoms with van der Waals surface area (Å²) in [5, 5.41) is 28.9. The lowest BCUT2D eigenvalue weighted by molar-refractivity contribution is -0.408. The highest BCUT2D eigenvalue weighted by molar-refractivity contribution is 5.77. The van der Waals surface area contributed by atoms with Gasteiger partial charge in [0.1, 0.15) is 12.2 Å². The van der Waals surface area contributed by atoms with E-state index in [1.165, 1.54) is 83.1 Å². The summed E-state index contributed by atoms with van der Waals surface area (Å²) < 4.78 is 432. The van der Waals surface area contributed by atoms with E-state index in [4.69, 9.17) is 9.47 Å². The van der Waals surface area contributed by atoms with Crippen LogP contribution in [-0.2, 0) is 38.1 Å². The molecule has 0 spiro atoms. The topological polar surface area (TPSA) is 166 Å². The fourth-order valence-electron chi connectivity index (χ4n) is 7.85. The Morgan fingerprint density at radius 3 is 1.09 bits per heavy atom. The summed E-state index contributed by atoms with van der Waals surface area (Å²) in [7, 11) is 0. The molecule has 1 aliphatic carbocycles. The number of alkyl halides is 32. The molecular formula is C57H80F32O11. The highest BCUT2D eigenvalue weighted by Crippen LogP contribution is 2.58. The molecule has 5 atom stereocenters. The van der Waals surface area contributed by atoms with Crippen LogP contribution in [0, 0.1) is 39.4 Å². The van der Waals surface area contributed by atoms with Crippen LogP contribution in [0.15, 0.2) is 0 Å². The first-order valence-corrected chi connectivity index (χ1v) is 29.3. The Kier molecular flexibility index (Phi) is 32.4. The highest BCUT2D eigenvalue weighted by atomic mass is 19.5. The smallest absolute Gasteiger partial charge is 0.460 e. The van der Waals surface area contributed by atoms with Crippen molar-refractivity contribution in [2.24, 2.45) is 39.4 Å². The maximum absolute atomic E-state index is 13.8. The maximum atomic E-state index is 13.8. The molecule has 1 saturated carbocycles. The lowest BCUT2D eigenvalue weighted by Gasteiger charge is -2.47. The van der Waals surface area contributed by atoms with E-state index in [1.807, 2.05) is 0 Å². The quantitative estimate of drug-likeness (QED) is 0.0452. The molecule has 0 radical (unpaired) electrons. The summed E-state index contributed by atoms with van der Waals surface area (Å²) in [5.74, 6) is -47.9. The molecule has 0 aromatic carbocycles. The van der Waals surface area contributed by atoms with Gasteiger partial charge in [0.2, 0.25) is 0 Å². The molecule has 598 valence electrons. The fraction of sp³-hybridized carbons (Fsp3) is 0.930. The van der Waals surface area contributed by atoms with E-state index in [0.29, 0.717) is 13.8 Å². The molecule has 43 heteroatoms. The van der Waals surface area contributed by atoms with Crippen molar-refractivity contribution in [2.45, 2.75) is 289 Å². The van der Waals surface area contributed by atoms with E-state index in [2.05, 4.69) is 9.47 Å². The van der Waals surface area contributed by atoms with Crippen LogP contribution in [0.3, 0.4) is 0 Å². The van der Waals surface area contributed by atoms with Gasteiger partial charge < -0.3 is 34.3 Å². The number of aliphatic hydroxyl groups is 3. The van der Waals surface area contributed by atoms with Crippen molar-refractivity contribution in [3.05, 3.63) is 0 Å². The number of hydrogen-bond donors (Lipinski definition) is 3. The van der Waals surface area contributed by atoms with Crippen molar-refractivity contribution in [1.82, 2.24) is 0 Å². The molecule has 0 aliphatic heterocycles. The first kappa shape index (κ1) is 99.7. The van der Waals surface area contributed by atoms with Crippen LogP contribution in [0.25, 0.3) is 0 Å². The molecule has 0 amide bonds. The SMILES string of the molecule is CCC(C)(C)C(=O)OC(C)(C)C(O)(C(F)(F)F)C(F)(F)F.CCC(C)(C)C(=O)OC(CC(C)C)CC(F)(F)C(F)(F)C(F)(F)C(F)(F)F.CCC(C)(C)C(=O)OC1CC(C(C)(O)C(F)(F)F)CC(C(O)(C(F)(F)F)C(F)(F)F)C1.CCC(C)(C)C(=O)OCC(F)(F)C(F)(F)C(F)(F)C(F)F. The fourth-order valence-corrected chi connectivity index (χ4v) is 7.85. The van der Waals surface area contributed by atoms with Gasteiger partial charge in [-0.25, -0.2) is 8.78 Å². The van der Waals surface area contributed by atoms with Gasteiger partial charge in [0, 0.05) is 11.8 Å². The number of esters is 4. The number of carbonyl (C=O) groups excluding carboxylic acids is 4. The zero-order chi connectivity index (χ0) is 81.7. The molecular weight excluding hydrogens is 1470 g/mol. The number of hydrogen-bond acceptors (Lipinski definition) is 11. The minimum absolute atomic E-state index is 0.0982. The average molecular weight is 1550 g/mol. The Morgan fingerprint density at radius 2 is 0.770 bits per heavy atom. The zero-order valence-electron chi connectivity index (χ0n) is 56.2. The van der Waals surface area contributed by atoms with Crippen molar-refractivity contribution in [2.75, 3.05) is 6.61 Å². The van der Waals surface area contributed by atoms with Crippen LogP contribution < -0.4 is 0 Å². The van der Waals surface area contributed by atoms with E-state index in [9.17, 15) is 175 Å². The predicted molar refractivity (Wildman–Crippen MR) is 285 cm³/mol. The molecule has 0 aromatic rings. The van der Waals surface area contributed by atoms with Crippen LogP contribution in [0.4, 0.5) is 140 Å². The van der Waals surface area contributed by atoms with Crippen molar-refractivity contribution in [3.63, 3.8) is 0 Å². The molecule has 1 fully saturated rings. The van der Waals surface area contributed by atoms with Crippen LogP contribution in [0.1, 0.15) is 175 Å². The van der Waals surface area contributed by atoms with Gasteiger partial charge in [-0.2, -0.15) is 132 Å². The molecule has 5 unspecified atom stereocenters. The molecule has 0 bridgehead atoms. The van der Waals surface area contributed by atoms with E-state index < -0.39 is 216 Å².